The van der Waals surface area contributed by atoms with E-state index in [2.05, 4.69) is 24.5 Å². The first kappa shape index (κ1) is 14.9. The summed E-state index contributed by atoms with van der Waals surface area (Å²) in [6.45, 7) is 7.26. The smallest absolute Gasteiger partial charge is 0.251 e. The number of hydrogen-bond donors (Lipinski definition) is 2. The van der Waals surface area contributed by atoms with Gasteiger partial charge in [-0.2, -0.15) is 0 Å². The monoisotopic (exact) mass is 274 g/mol. The number of carbonyl (C=O) groups is 1. The highest BCUT2D eigenvalue weighted by Crippen LogP contribution is 2.37. The molecule has 1 aliphatic carbocycles. The molecule has 1 atom stereocenters. The fourth-order valence-electron chi connectivity index (χ4n) is 2.98. The molecule has 3 nitrogen and oxygen atoms in total. The molecule has 1 aliphatic rings. The van der Waals surface area contributed by atoms with E-state index in [1.165, 1.54) is 25.7 Å². The summed E-state index contributed by atoms with van der Waals surface area (Å²) in [4.78, 5) is 11.9. The Kier molecular flexibility index (Phi) is 4.69. The first-order chi connectivity index (χ1) is 9.53. The summed E-state index contributed by atoms with van der Waals surface area (Å²) < 4.78 is 0. The lowest BCUT2D eigenvalue weighted by Crippen LogP contribution is -2.38. The Hall–Kier alpha value is -1.51. The third kappa shape index (κ3) is 3.53. The van der Waals surface area contributed by atoms with Crippen LogP contribution in [0.5, 0.6) is 0 Å². The SMILES string of the molecule is CCNC(=O)c1cccc(NC2CCCCC2(C)C)c1. The van der Waals surface area contributed by atoms with Gasteiger partial charge in [0.05, 0.1) is 0 Å². The van der Waals surface area contributed by atoms with Crippen molar-refractivity contribution in [3.05, 3.63) is 29.8 Å². The van der Waals surface area contributed by atoms with Crippen molar-refractivity contribution in [3.63, 3.8) is 0 Å². The summed E-state index contributed by atoms with van der Waals surface area (Å²) in [6, 6.07) is 8.30. The zero-order chi connectivity index (χ0) is 14.6. The van der Waals surface area contributed by atoms with E-state index in [4.69, 9.17) is 0 Å². The van der Waals surface area contributed by atoms with E-state index in [9.17, 15) is 4.79 Å². The minimum absolute atomic E-state index is 0.000876. The van der Waals surface area contributed by atoms with Gasteiger partial charge in [0.1, 0.15) is 0 Å². The molecule has 1 aromatic rings. The molecule has 0 spiro atoms. The van der Waals surface area contributed by atoms with Crippen LogP contribution in [0.1, 0.15) is 56.8 Å². The predicted octanol–water partition coefficient (Wildman–Crippen LogP) is 3.82. The zero-order valence-corrected chi connectivity index (χ0v) is 12.8. The predicted molar refractivity (Wildman–Crippen MR) is 84.1 cm³/mol. The molecule has 1 aromatic carbocycles. The Balaban J connectivity index is 2.09. The van der Waals surface area contributed by atoms with Crippen molar-refractivity contribution >= 4 is 11.6 Å². The number of benzene rings is 1. The second-order valence-corrected chi connectivity index (χ2v) is 6.37. The Morgan fingerprint density at radius 2 is 2.15 bits per heavy atom. The van der Waals surface area contributed by atoms with E-state index >= 15 is 0 Å². The van der Waals surface area contributed by atoms with Crippen molar-refractivity contribution in [2.75, 3.05) is 11.9 Å². The second kappa shape index (κ2) is 6.29. The number of carbonyl (C=O) groups excluding carboxylic acids is 1. The normalized spacial score (nSPS) is 21.2. The van der Waals surface area contributed by atoms with E-state index < -0.39 is 0 Å². The summed E-state index contributed by atoms with van der Waals surface area (Å²) in [5.74, 6) is -0.000876. The molecule has 3 heteroatoms. The lowest BCUT2D eigenvalue weighted by atomic mass is 9.73. The standard InChI is InChI=1S/C17H26N2O/c1-4-18-16(20)13-8-7-9-14(12-13)19-15-10-5-6-11-17(15,2)3/h7-9,12,15,19H,4-6,10-11H2,1-3H3,(H,18,20). The van der Waals surface area contributed by atoms with Crippen LogP contribution in [0.4, 0.5) is 5.69 Å². The minimum atomic E-state index is -0.000876. The van der Waals surface area contributed by atoms with Crippen molar-refractivity contribution < 1.29 is 4.79 Å². The van der Waals surface area contributed by atoms with Gasteiger partial charge < -0.3 is 10.6 Å². The number of hydrogen-bond acceptors (Lipinski definition) is 2. The van der Waals surface area contributed by atoms with Gasteiger partial charge in [-0.15, -0.1) is 0 Å². The molecule has 2 N–H and O–H groups in total. The molecule has 2 rings (SSSR count). The Bertz CT molecular complexity index is 468. The van der Waals surface area contributed by atoms with Gasteiger partial charge in [0, 0.05) is 23.8 Å². The van der Waals surface area contributed by atoms with Crippen molar-refractivity contribution in [1.29, 1.82) is 0 Å². The highest BCUT2D eigenvalue weighted by Gasteiger charge is 2.31. The van der Waals surface area contributed by atoms with Gasteiger partial charge in [0.2, 0.25) is 0 Å². The quantitative estimate of drug-likeness (QED) is 0.876. The first-order valence-corrected chi connectivity index (χ1v) is 7.68. The summed E-state index contributed by atoms with van der Waals surface area (Å²) in [6.07, 6.45) is 5.08. The topological polar surface area (TPSA) is 41.1 Å². The van der Waals surface area contributed by atoms with Crippen LogP contribution in [0, 0.1) is 5.41 Å². The molecule has 0 radical (unpaired) electrons. The summed E-state index contributed by atoms with van der Waals surface area (Å²) in [5.41, 5.74) is 2.10. The lowest BCUT2D eigenvalue weighted by molar-refractivity contribution is 0.0956. The molecule has 1 amide bonds. The van der Waals surface area contributed by atoms with Gasteiger partial charge in [-0.1, -0.05) is 32.8 Å². The number of anilines is 1. The van der Waals surface area contributed by atoms with Crippen LogP contribution in [0.25, 0.3) is 0 Å². The van der Waals surface area contributed by atoms with Gasteiger partial charge in [-0.3, -0.25) is 4.79 Å². The number of nitrogens with one attached hydrogen (secondary N) is 2. The van der Waals surface area contributed by atoms with E-state index in [1.54, 1.807) is 0 Å². The minimum Gasteiger partial charge on any atom is -0.382 e. The van der Waals surface area contributed by atoms with Crippen molar-refractivity contribution in [2.24, 2.45) is 5.41 Å². The van der Waals surface area contributed by atoms with Crippen LogP contribution in [-0.4, -0.2) is 18.5 Å². The van der Waals surface area contributed by atoms with E-state index in [0.717, 1.165) is 11.3 Å². The molecule has 1 unspecified atom stereocenters. The van der Waals surface area contributed by atoms with Gasteiger partial charge in [-0.25, -0.2) is 0 Å². The molecule has 0 heterocycles. The number of amides is 1. The molecule has 1 saturated carbocycles. The molecular formula is C17H26N2O. The molecule has 0 aromatic heterocycles. The maximum Gasteiger partial charge on any atom is 0.251 e. The Labute approximate surface area is 122 Å². The van der Waals surface area contributed by atoms with Crippen LogP contribution in [0.2, 0.25) is 0 Å². The lowest BCUT2D eigenvalue weighted by Gasteiger charge is -2.39. The van der Waals surface area contributed by atoms with Gasteiger partial charge in [0.15, 0.2) is 0 Å². The van der Waals surface area contributed by atoms with Crippen LogP contribution in [0.15, 0.2) is 24.3 Å². The third-order valence-electron chi connectivity index (χ3n) is 4.31. The van der Waals surface area contributed by atoms with E-state index in [1.807, 2.05) is 31.2 Å². The molecule has 20 heavy (non-hydrogen) atoms. The summed E-state index contributed by atoms with van der Waals surface area (Å²) >= 11 is 0. The average molecular weight is 274 g/mol. The molecular weight excluding hydrogens is 248 g/mol. The van der Waals surface area contributed by atoms with Crippen molar-refractivity contribution in [2.45, 2.75) is 52.5 Å². The van der Waals surface area contributed by atoms with Crippen LogP contribution in [-0.2, 0) is 0 Å². The highest BCUT2D eigenvalue weighted by molar-refractivity contribution is 5.95. The van der Waals surface area contributed by atoms with Gasteiger partial charge >= 0.3 is 0 Å². The summed E-state index contributed by atoms with van der Waals surface area (Å²) in [5, 5.41) is 6.47. The Morgan fingerprint density at radius 3 is 2.85 bits per heavy atom. The molecule has 110 valence electrons. The second-order valence-electron chi connectivity index (χ2n) is 6.37. The maximum absolute atomic E-state index is 11.9. The maximum atomic E-state index is 11.9. The van der Waals surface area contributed by atoms with Crippen LogP contribution >= 0.6 is 0 Å². The molecule has 1 fully saturated rings. The van der Waals surface area contributed by atoms with Gasteiger partial charge in [-0.05, 0) is 43.4 Å². The van der Waals surface area contributed by atoms with Crippen LogP contribution in [0.3, 0.4) is 0 Å². The fourth-order valence-corrected chi connectivity index (χ4v) is 2.98. The van der Waals surface area contributed by atoms with E-state index in [-0.39, 0.29) is 5.91 Å². The van der Waals surface area contributed by atoms with E-state index in [0.29, 0.717) is 18.0 Å². The highest BCUT2D eigenvalue weighted by atomic mass is 16.1. The Morgan fingerprint density at radius 1 is 1.35 bits per heavy atom. The van der Waals surface area contributed by atoms with Crippen molar-refractivity contribution in [1.82, 2.24) is 5.32 Å². The summed E-state index contributed by atoms with van der Waals surface area (Å²) in [7, 11) is 0. The van der Waals surface area contributed by atoms with Crippen molar-refractivity contribution in [3.8, 4) is 0 Å². The number of rotatable bonds is 4. The first-order valence-electron chi connectivity index (χ1n) is 7.68. The molecule has 0 saturated heterocycles. The molecule has 0 bridgehead atoms. The molecule has 0 aliphatic heterocycles. The largest absolute Gasteiger partial charge is 0.382 e. The van der Waals surface area contributed by atoms with Crippen LogP contribution < -0.4 is 10.6 Å². The third-order valence-corrected chi connectivity index (χ3v) is 4.31. The van der Waals surface area contributed by atoms with Gasteiger partial charge in [0.25, 0.3) is 5.91 Å². The fraction of sp³-hybridized carbons (Fsp3) is 0.588. The average Bonchev–Trinajstić information content (AvgIpc) is 2.42. The zero-order valence-electron chi connectivity index (χ0n) is 12.8.